The van der Waals surface area contributed by atoms with Crippen molar-refractivity contribution < 1.29 is 13.2 Å². The van der Waals surface area contributed by atoms with E-state index in [-0.39, 0.29) is 11.8 Å². The van der Waals surface area contributed by atoms with Crippen LogP contribution in [0.5, 0.6) is 0 Å². The Hall–Kier alpha value is -2.44. The van der Waals surface area contributed by atoms with E-state index in [4.69, 9.17) is 0 Å². The third kappa shape index (κ3) is 4.60. The zero-order valence-corrected chi connectivity index (χ0v) is 18.7. The molecule has 1 fully saturated rings. The molecule has 1 aliphatic heterocycles. The molecular formula is C25H30N2O3S. The van der Waals surface area contributed by atoms with Gasteiger partial charge in [-0.05, 0) is 73.9 Å². The van der Waals surface area contributed by atoms with Crippen LogP contribution in [0.4, 0.5) is 5.69 Å². The maximum absolute atomic E-state index is 13.2. The minimum Gasteiger partial charge on any atom is -0.308 e. The van der Waals surface area contributed by atoms with Gasteiger partial charge in [0.2, 0.25) is 15.9 Å². The molecule has 0 unspecified atom stereocenters. The summed E-state index contributed by atoms with van der Waals surface area (Å²) in [5.41, 5.74) is 3.29. The average Bonchev–Trinajstić information content (AvgIpc) is 2.82. The lowest BCUT2D eigenvalue weighted by atomic mass is 9.92. The molecule has 2 aromatic rings. The topological polar surface area (TPSA) is 57.7 Å². The van der Waals surface area contributed by atoms with Crippen LogP contribution in [0.2, 0.25) is 0 Å². The molecule has 0 N–H and O–H groups in total. The molecule has 0 atom stereocenters. The highest BCUT2D eigenvalue weighted by atomic mass is 32.2. The van der Waals surface area contributed by atoms with Gasteiger partial charge in [0.25, 0.3) is 0 Å². The number of hydrogen-bond donors (Lipinski definition) is 0. The molecule has 0 radical (unpaired) electrons. The number of amides is 1. The first-order valence-electron chi connectivity index (χ1n) is 11.1. The second-order valence-corrected chi connectivity index (χ2v) is 10.3. The van der Waals surface area contributed by atoms with E-state index in [0.29, 0.717) is 37.4 Å². The highest BCUT2D eigenvalue weighted by molar-refractivity contribution is 7.89. The lowest BCUT2D eigenvalue weighted by Gasteiger charge is -2.33. The van der Waals surface area contributed by atoms with Gasteiger partial charge in [-0.2, -0.15) is 4.31 Å². The van der Waals surface area contributed by atoms with Crippen molar-refractivity contribution >= 4 is 21.6 Å². The zero-order valence-electron chi connectivity index (χ0n) is 17.9. The molecule has 164 valence electrons. The highest BCUT2D eigenvalue weighted by Crippen LogP contribution is 2.29. The fourth-order valence-electron chi connectivity index (χ4n) is 4.64. The van der Waals surface area contributed by atoms with Gasteiger partial charge in [0.15, 0.2) is 0 Å². The van der Waals surface area contributed by atoms with E-state index in [1.54, 1.807) is 21.3 Å². The van der Waals surface area contributed by atoms with Gasteiger partial charge in [-0.15, -0.1) is 6.58 Å². The van der Waals surface area contributed by atoms with Gasteiger partial charge < -0.3 is 4.90 Å². The molecule has 0 spiro atoms. The van der Waals surface area contributed by atoms with E-state index in [2.05, 4.69) is 6.58 Å². The first-order chi connectivity index (χ1) is 15.0. The Morgan fingerprint density at radius 1 is 1.03 bits per heavy atom. The first-order valence-corrected chi connectivity index (χ1v) is 12.5. The van der Waals surface area contributed by atoms with Crippen LogP contribution in [-0.2, 0) is 27.7 Å². The Labute approximate surface area is 185 Å². The normalized spacial score (nSPS) is 17.7. The van der Waals surface area contributed by atoms with Crippen LogP contribution < -0.4 is 4.90 Å². The number of para-hydroxylation sites is 1. The molecule has 5 nitrogen and oxygen atoms in total. The predicted molar refractivity (Wildman–Crippen MR) is 124 cm³/mol. The summed E-state index contributed by atoms with van der Waals surface area (Å²) >= 11 is 0. The van der Waals surface area contributed by atoms with Crippen molar-refractivity contribution in [2.75, 3.05) is 24.5 Å². The maximum atomic E-state index is 13.2. The van der Waals surface area contributed by atoms with Gasteiger partial charge in [-0.3, -0.25) is 4.79 Å². The minimum absolute atomic E-state index is 0.0388. The Kier molecular flexibility index (Phi) is 6.58. The lowest BCUT2D eigenvalue weighted by molar-refractivity contribution is -0.123. The summed E-state index contributed by atoms with van der Waals surface area (Å²) in [5, 5.41) is 0. The number of carbonyl (C=O) groups is 1. The Balaban J connectivity index is 1.45. The molecule has 2 aliphatic rings. The van der Waals surface area contributed by atoms with E-state index >= 15 is 0 Å². The fourth-order valence-corrected chi connectivity index (χ4v) is 6.16. The number of piperidine rings is 1. The summed E-state index contributed by atoms with van der Waals surface area (Å²) in [6.07, 6.45) is 7.06. The molecule has 1 amide bonds. The minimum atomic E-state index is -3.54. The predicted octanol–water partition coefficient (Wildman–Crippen LogP) is 4.19. The maximum Gasteiger partial charge on any atom is 0.243 e. The van der Waals surface area contributed by atoms with E-state index in [1.165, 1.54) is 17.5 Å². The van der Waals surface area contributed by atoms with E-state index in [1.807, 2.05) is 42.5 Å². The van der Waals surface area contributed by atoms with Crippen molar-refractivity contribution in [3.63, 3.8) is 0 Å². The first kappa shape index (κ1) is 21.8. The number of benzene rings is 2. The van der Waals surface area contributed by atoms with Crippen LogP contribution in [0.3, 0.4) is 0 Å². The zero-order chi connectivity index (χ0) is 21.8. The Morgan fingerprint density at radius 3 is 2.39 bits per heavy atom. The molecule has 0 bridgehead atoms. The largest absolute Gasteiger partial charge is 0.308 e. The third-order valence-electron chi connectivity index (χ3n) is 6.41. The number of hydrogen-bond acceptors (Lipinski definition) is 3. The Bertz CT molecular complexity index is 1040. The molecule has 1 heterocycles. The molecular weight excluding hydrogens is 408 g/mol. The monoisotopic (exact) mass is 438 g/mol. The van der Waals surface area contributed by atoms with E-state index in [9.17, 15) is 13.2 Å². The summed E-state index contributed by atoms with van der Waals surface area (Å²) < 4.78 is 28.0. The van der Waals surface area contributed by atoms with Crippen LogP contribution in [0.15, 0.2) is 66.1 Å². The van der Waals surface area contributed by atoms with Crippen LogP contribution in [0, 0.1) is 5.92 Å². The van der Waals surface area contributed by atoms with Gasteiger partial charge in [0.05, 0.1) is 4.90 Å². The van der Waals surface area contributed by atoms with E-state index in [0.717, 1.165) is 24.9 Å². The van der Waals surface area contributed by atoms with Gasteiger partial charge >= 0.3 is 0 Å². The number of nitrogens with zero attached hydrogens (tertiary/aromatic N) is 2. The van der Waals surface area contributed by atoms with Gasteiger partial charge in [-0.25, -0.2) is 8.42 Å². The second kappa shape index (κ2) is 9.37. The van der Waals surface area contributed by atoms with Crippen LogP contribution in [-0.4, -0.2) is 38.3 Å². The molecule has 0 saturated carbocycles. The van der Waals surface area contributed by atoms with Crippen molar-refractivity contribution in [1.29, 1.82) is 0 Å². The van der Waals surface area contributed by atoms with Crippen molar-refractivity contribution in [3.8, 4) is 0 Å². The van der Waals surface area contributed by atoms with E-state index < -0.39 is 10.0 Å². The SMILES string of the molecule is C=CCN(C(=O)C1CCN(S(=O)(=O)c2ccc3c(c2)CCCC3)CC1)c1ccccc1. The molecule has 6 heteroatoms. The summed E-state index contributed by atoms with van der Waals surface area (Å²) in [7, 11) is -3.54. The van der Waals surface area contributed by atoms with Crippen molar-refractivity contribution in [2.45, 2.75) is 43.4 Å². The second-order valence-electron chi connectivity index (χ2n) is 8.39. The van der Waals surface area contributed by atoms with Crippen molar-refractivity contribution in [1.82, 2.24) is 4.31 Å². The number of anilines is 1. The molecule has 31 heavy (non-hydrogen) atoms. The quantitative estimate of drug-likeness (QED) is 0.636. The van der Waals surface area contributed by atoms with Crippen molar-refractivity contribution in [2.24, 2.45) is 5.92 Å². The van der Waals surface area contributed by atoms with Gasteiger partial charge in [-0.1, -0.05) is 30.3 Å². The molecule has 1 saturated heterocycles. The molecule has 0 aromatic heterocycles. The third-order valence-corrected chi connectivity index (χ3v) is 8.30. The van der Waals surface area contributed by atoms with Crippen LogP contribution in [0.25, 0.3) is 0 Å². The average molecular weight is 439 g/mol. The number of fused-ring (bicyclic) bond motifs is 1. The number of sulfonamides is 1. The smallest absolute Gasteiger partial charge is 0.243 e. The highest BCUT2D eigenvalue weighted by Gasteiger charge is 2.34. The summed E-state index contributed by atoms with van der Waals surface area (Å²) in [4.78, 5) is 15.3. The summed E-state index contributed by atoms with van der Waals surface area (Å²) in [5.74, 6) is -0.146. The molecule has 1 aliphatic carbocycles. The molecule has 4 rings (SSSR count). The van der Waals surface area contributed by atoms with Gasteiger partial charge in [0, 0.05) is 31.2 Å². The van der Waals surface area contributed by atoms with Crippen LogP contribution in [0.1, 0.15) is 36.8 Å². The molecule has 2 aromatic carbocycles. The standard InChI is InChI=1S/C25H30N2O3S/c1-2-16-27(23-10-4-3-5-11-23)25(28)21-14-17-26(18-15-21)31(29,30)24-13-12-20-8-6-7-9-22(20)19-24/h2-5,10-13,19,21H,1,6-9,14-18H2. The van der Waals surface area contributed by atoms with Crippen LogP contribution >= 0.6 is 0 Å². The van der Waals surface area contributed by atoms with Crippen molar-refractivity contribution in [3.05, 3.63) is 72.3 Å². The number of rotatable bonds is 6. The van der Waals surface area contributed by atoms with Gasteiger partial charge in [0.1, 0.15) is 0 Å². The Morgan fingerprint density at radius 2 is 1.71 bits per heavy atom. The summed E-state index contributed by atoms with van der Waals surface area (Å²) in [6, 6.07) is 15.2. The lowest BCUT2D eigenvalue weighted by Crippen LogP contribution is -2.44. The summed E-state index contributed by atoms with van der Waals surface area (Å²) in [6.45, 7) is 4.96. The number of aryl methyl sites for hydroxylation is 2. The fraction of sp³-hybridized carbons (Fsp3) is 0.400. The number of carbonyl (C=O) groups excluding carboxylic acids is 1.